The Labute approximate surface area is 163 Å². The smallest absolute Gasteiger partial charge is 0.343 e. The number of hydrogen-bond acceptors (Lipinski definition) is 6. The van der Waals surface area contributed by atoms with Crippen molar-refractivity contribution in [3.8, 4) is 11.1 Å². The molecule has 0 aliphatic carbocycles. The molecule has 142 valence electrons. The molecule has 5 aromatic rings. The summed E-state index contributed by atoms with van der Waals surface area (Å²) in [5.74, 6) is 0.146. The Morgan fingerprint density at radius 1 is 1.00 bits per heavy atom. The second-order valence-electron chi connectivity index (χ2n) is 6.52. The first-order valence-electron chi connectivity index (χ1n) is 8.84. The molecule has 0 bridgehead atoms. The summed E-state index contributed by atoms with van der Waals surface area (Å²) in [6.07, 6.45) is 2.88. The highest BCUT2D eigenvalue weighted by atomic mass is 19.1. The van der Waals surface area contributed by atoms with Crippen LogP contribution in [0.25, 0.3) is 33.1 Å². The van der Waals surface area contributed by atoms with Crippen molar-refractivity contribution in [1.29, 1.82) is 0 Å². The van der Waals surface area contributed by atoms with E-state index in [-0.39, 0.29) is 12.4 Å². The molecule has 0 saturated heterocycles. The van der Waals surface area contributed by atoms with Gasteiger partial charge in [0.05, 0.1) is 18.3 Å². The molecular weight excluding hydrogens is 373 g/mol. The fraction of sp³-hybridized carbons (Fsp3) is 0.0476. The van der Waals surface area contributed by atoms with E-state index in [1.54, 1.807) is 47.0 Å². The van der Waals surface area contributed by atoms with Crippen LogP contribution in [0, 0.1) is 5.82 Å². The van der Waals surface area contributed by atoms with Gasteiger partial charge >= 0.3 is 5.63 Å². The predicted octanol–water partition coefficient (Wildman–Crippen LogP) is 3.37. The molecule has 0 aliphatic heterocycles. The summed E-state index contributed by atoms with van der Waals surface area (Å²) in [6, 6.07) is 13.4. The summed E-state index contributed by atoms with van der Waals surface area (Å²) in [6.45, 7) is 0.122. The molecule has 3 heterocycles. The maximum Gasteiger partial charge on any atom is 0.343 e. The predicted molar refractivity (Wildman–Crippen MR) is 107 cm³/mol. The highest BCUT2D eigenvalue weighted by Crippen LogP contribution is 2.33. The van der Waals surface area contributed by atoms with Gasteiger partial charge in [-0.25, -0.2) is 24.1 Å². The number of imidazole rings is 1. The van der Waals surface area contributed by atoms with Crippen molar-refractivity contribution in [2.24, 2.45) is 0 Å². The van der Waals surface area contributed by atoms with Gasteiger partial charge in [0.25, 0.3) is 0 Å². The first kappa shape index (κ1) is 17.1. The van der Waals surface area contributed by atoms with Crippen LogP contribution in [0.2, 0.25) is 0 Å². The van der Waals surface area contributed by atoms with Crippen LogP contribution < -0.4 is 11.4 Å². The second-order valence-corrected chi connectivity index (χ2v) is 6.52. The first-order valence-corrected chi connectivity index (χ1v) is 8.84. The number of aromatic nitrogens is 4. The third kappa shape index (κ3) is 2.73. The molecule has 7 nitrogen and oxygen atoms in total. The fourth-order valence-corrected chi connectivity index (χ4v) is 3.49. The van der Waals surface area contributed by atoms with Crippen molar-refractivity contribution in [1.82, 2.24) is 19.5 Å². The highest BCUT2D eigenvalue weighted by molar-refractivity contribution is 5.96. The molecule has 0 aliphatic rings. The second kappa shape index (κ2) is 6.52. The Bertz CT molecular complexity index is 1440. The minimum atomic E-state index is -0.491. The Morgan fingerprint density at radius 2 is 1.76 bits per heavy atom. The molecule has 0 unspecified atom stereocenters. The quantitative estimate of drug-likeness (QED) is 0.509. The minimum absolute atomic E-state index is 0.122. The van der Waals surface area contributed by atoms with E-state index in [9.17, 15) is 9.18 Å². The number of halogens is 1. The van der Waals surface area contributed by atoms with E-state index in [1.807, 2.05) is 0 Å². The molecule has 0 radical (unpaired) electrons. The maximum absolute atomic E-state index is 14.7. The third-order valence-electron chi connectivity index (χ3n) is 4.80. The third-order valence-corrected chi connectivity index (χ3v) is 4.80. The van der Waals surface area contributed by atoms with E-state index in [1.165, 1.54) is 18.7 Å². The van der Waals surface area contributed by atoms with E-state index in [4.69, 9.17) is 10.2 Å². The van der Waals surface area contributed by atoms with E-state index < -0.39 is 11.4 Å². The van der Waals surface area contributed by atoms with Crippen molar-refractivity contribution in [3.63, 3.8) is 0 Å². The average molecular weight is 387 g/mol. The lowest BCUT2D eigenvalue weighted by molar-refractivity contribution is 0.457. The maximum atomic E-state index is 14.7. The molecule has 0 spiro atoms. The fourth-order valence-electron chi connectivity index (χ4n) is 3.49. The molecular formula is C21H14FN5O2. The van der Waals surface area contributed by atoms with Crippen LogP contribution in [-0.4, -0.2) is 19.5 Å². The number of anilines is 1. The van der Waals surface area contributed by atoms with Crippen molar-refractivity contribution >= 4 is 27.8 Å². The Hall–Kier alpha value is -4.07. The van der Waals surface area contributed by atoms with E-state index in [0.29, 0.717) is 38.8 Å². The van der Waals surface area contributed by atoms with Crippen LogP contribution in [0.3, 0.4) is 0 Å². The van der Waals surface area contributed by atoms with Crippen LogP contribution in [0.15, 0.2) is 70.4 Å². The van der Waals surface area contributed by atoms with Crippen molar-refractivity contribution in [2.75, 3.05) is 5.73 Å². The number of nitrogen functional groups attached to an aromatic ring is 1. The van der Waals surface area contributed by atoms with E-state index in [0.717, 1.165) is 0 Å². The molecule has 0 amide bonds. The largest absolute Gasteiger partial charge is 0.425 e. The van der Waals surface area contributed by atoms with Crippen molar-refractivity contribution < 1.29 is 8.81 Å². The molecule has 3 aromatic heterocycles. The summed E-state index contributed by atoms with van der Waals surface area (Å²) in [4.78, 5) is 25.0. The molecule has 0 fully saturated rings. The molecule has 29 heavy (non-hydrogen) atoms. The van der Waals surface area contributed by atoms with Gasteiger partial charge in [-0.05, 0) is 12.1 Å². The van der Waals surface area contributed by atoms with E-state index in [2.05, 4.69) is 15.0 Å². The van der Waals surface area contributed by atoms with Gasteiger partial charge in [0, 0.05) is 16.5 Å². The zero-order valence-electron chi connectivity index (χ0n) is 15.0. The lowest BCUT2D eigenvalue weighted by atomic mass is 9.98. The number of benzene rings is 2. The summed E-state index contributed by atoms with van der Waals surface area (Å²) in [5.41, 5.74) is 7.17. The summed E-state index contributed by atoms with van der Waals surface area (Å²) in [7, 11) is 0. The van der Waals surface area contributed by atoms with Gasteiger partial charge in [0.15, 0.2) is 11.5 Å². The van der Waals surface area contributed by atoms with Crippen LogP contribution >= 0.6 is 0 Å². The van der Waals surface area contributed by atoms with Gasteiger partial charge in [0.2, 0.25) is 0 Å². The number of hydrogen-bond donors (Lipinski definition) is 1. The van der Waals surface area contributed by atoms with E-state index >= 15 is 0 Å². The van der Waals surface area contributed by atoms with Crippen LogP contribution in [0.1, 0.15) is 5.76 Å². The molecule has 5 rings (SSSR count). The average Bonchev–Trinajstić information content (AvgIpc) is 3.14. The highest BCUT2D eigenvalue weighted by Gasteiger charge is 2.19. The number of nitrogens with zero attached hydrogens (tertiary/aromatic N) is 4. The Morgan fingerprint density at radius 3 is 2.59 bits per heavy atom. The van der Waals surface area contributed by atoms with Crippen LogP contribution in [0.4, 0.5) is 10.2 Å². The minimum Gasteiger partial charge on any atom is -0.425 e. The summed E-state index contributed by atoms with van der Waals surface area (Å²) < 4.78 is 22.0. The summed E-state index contributed by atoms with van der Waals surface area (Å²) >= 11 is 0. The van der Waals surface area contributed by atoms with Gasteiger partial charge in [-0.2, -0.15) is 0 Å². The first-order chi connectivity index (χ1) is 14.1. The van der Waals surface area contributed by atoms with Gasteiger partial charge in [-0.1, -0.05) is 36.4 Å². The number of fused-ring (bicyclic) bond motifs is 2. The molecule has 2 aromatic carbocycles. The molecule has 0 atom stereocenters. The monoisotopic (exact) mass is 387 g/mol. The van der Waals surface area contributed by atoms with Gasteiger partial charge in [-0.3, -0.25) is 0 Å². The van der Waals surface area contributed by atoms with Gasteiger partial charge in [0.1, 0.15) is 23.4 Å². The van der Waals surface area contributed by atoms with Gasteiger partial charge < -0.3 is 14.7 Å². The zero-order valence-corrected chi connectivity index (χ0v) is 15.0. The van der Waals surface area contributed by atoms with Crippen molar-refractivity contribution in [2.45, 2.75) is 6.54 Å². The molecule has 8 heteroatoms. The molecule has 0 saturated carbocycles. The zero-order chi connectivity index (χ0) is 20.0. The van der Waals surface area contributed by atoms with Crippen molar-refractivity contribution in [3.05, 3.63) is 83.2 Å². The lowest BCUT2D eigenvalue weighted by Crippen LogP contribution is -2.09. The summed E-state index contributed by atoms with van der Waals surface area (Å²) in [5, 5.41) is 0.999. The standard InChI is InChI=1S/C21H14FN5O2/c22-15-8-4-3-7-14(15)17-12-5-1-2-6-13(12)21(28)29-16(17)9-27-11-26-18-19(23)24-10-25-20(18)27/h1-8,10-11H,9H2,(H2,23,24,25). The normalized spacial score (nSPS) is 11.3. The lowest BCUT2D eigenvalue weighted by Gasteiger charge is -2.13. The molecule has 2 N–H and O–H groups in total. The Balaban J connectivity index is 1.79. The van der Waals surface area contributed by atoms with Crippen LogP contribution in [-0.2, 0) is 6.54 Å². The van der Waals surface area contributed by atoms with Crippen LogP contribution in [0.5, 0.6) is 0 Å². The number of nitrogens with two attached hydrogens (primary N) is 1. The SMILES string of the molecule is Nc1ncnc2c1ncn2Cc1oc(=O)c2ccccc2c1-c1ccccc1F. The van der Waals surface area contributed by atoms with Gasteiger partial charge in [-0.15, -0.1) is 0 Å². The Kier molecular flexibility index (Phi) is 3.83. The number of rotatable bonds is 3. The topological polar surface area (TPSA) is 99.8 Å².